The van der Waals surface area contributed by atoms with Gasteiger partial charge in [0.1, 0.15) is 0 Å². The van der Waals surface area contributed by atoms with Gasteiger partial charge in [0.05, 0.1) is 6.42 Å². The van der Waals surface area contributed by atoms with Crippen LogP contribution in [0.2, 0.25) is 0 Å². The molecule has 6 heteroatoms. The van der Waals surface area contributed by atoms with Crippen molar-refractivity contribution >= 4 is 17.9 Å². The van der Waals surface area contributed by atoms with Gasteiger partial charge in [0.25, 0.3) is 0 Å². The van der Waals surface area contributed by atoms with Crippen LogP contribution in [0.15, 0.2) is 0 Å². The number of urea groups is 1. The summed E-state index contributed by atoms with van der Waals surface area (Å²) in [4.78, 5) is 33.9. The molecule has 1 saturated carbocycles. The van der Waals surface area contributed by atoms with Gasteiger partial charge in [0.2, 0.25) is 5.91 Å². The first-order chi connectivity index (χ1) is 9.19. The summed E-state index contributed by atoms with van der Waals surface area (Å²) < 4.78 is 0. The molecule has 6 nitrogen and oxygen atoms in total. The average Bonchev–Trinajstić information content (AvgIpc) is 3.05. The third-order valence-corrected chi connectivity index (χ3v) is 3.53. The summed E-state index contributed by atoms with van der Waals surface area (Å²) in [7, 11) is 0. The van der Waals surface area contributed by atoms with Crippen molar-refractivity contribution in [1.29, 1.82) is 0 Å². The topological polar surface area (TPSA) is 95.5 Å². The molecule has 0 aromatic rings. The van der Waals surface area contributed by atoms with E-state index in [1.54, 1.807) is 13.8 Å². The Morgan fingerprint density at radius 3 is 2.35 bits per heavy atom. The van der Waals surface area contributed by atoms with E-state index in [2.05, 4.69) is 17.6 Å². The Balaban J connectivity index is 2.26. The number of carboxylic acid groups (broad SMARTS) is 1. The van der Waals surface area contributed by atoms with Crippen LogP contribution in [0.3, 0.4) is 0 Å². The van der Waals surface area contributed by atoms with Crippen LogP contribution in [0.5, 0.6) is 0 Å². The Hall–Kier alpha value is -1.59. The summed E-state index contributed by atoms with van der Waals surface area (Å²) >= 11 is 0. The van der Waals surface area contributed by atoms with E-state index in [0.29, 0.717) is 18.4 Å². The second-order valence-electron chi connectivity index (χ2n) is 6.48. The van der Waals surface area contributed by atoms with E-state index < -0.39 is 23.3 Å². The number of carbonyl (C=O) groups excluding carboxylic acids is 2. The Bertz CT molecular complexity index is 389. The quantitative estimate of drug-likeness (QED) is 0.663. The lowest BCUT2D eigenvalue weighted by molar-refractivity contribution is -0.139. The van der Waals surface area contributed by atoms with Crippen molar-refractivity contribution in [2.75, 3.05) is 6.54 Å². The van der Waals surface area contributed by atoms with E-state index in [-0.39, 0.29) is 12.8 Å². The molecular weight excluding hydrogens is 260 g/mol. The molecule has 0 bridgehead atoms. The van der Waals surface area contributed by atoms with Crippen LogP contribution in [-0.2, 0) is 9.59 Å². The lowest BCUT2D eigenvalue weighted by Crippen LogP contribution is -2.42. The number of hydrogen-bond acceptors (Lipinski definition) is 3. The van der Waals surface area contributed by atoms with E-state index in [1.165, 1.54) is 12.8 Å². The summed E-state index contributed by atoms with van der Waals surface area (Å²) in [5.41, 5.74) is -0.669. The van der Waals surface area contributed by atoms with Crippen LogP contribution in [0.25, 0.3) is 0 Å². The fraction of sp³-hybridized carbons (Fsp3) is 0.786. The van der Waals surface area contributed by atoms with Gasteiger partial charge in [-0.1, -0.05) is 20.8 Å². The molecule has 3 N–H and O–H groups in total. The van der Waals surface area contributed by atoms with Gasteiger partial charge >= 0.3 is 12.0 Å². The minimum absolute atomic E-state index is 0.00486. The van der Waals surface area contributed by atoms with Crippen LogP contribution < -0.4 is 10.6 Å². The molecule has 114 valence electrons. The second-order valence-corrected chi connectivity index (χ2v) is 6.48. The predicted octanol–water partition coefficient (Wildman–Crippen LogP) is 1.75. The Morgan fingerprint density at radius 1 is 1.25 bits per heavy atom. The van der Waals surface area contributed by atoms with Crippen molar-refractivity contribution in [3.63, 3.8) is 0 Å². The van der Waals surface area contributed by atoms with Crippen LogP contribution in [0.1, 0.15) is 46.5 Å². The SMILES string of the molecule is CC(CNC(=O)NC(=O)CC(C)(C)CC(=O)O)C1CC1. The molecule has 0 saturated heterocycles. The molecule has 1 aliphatic carbocycles. The fourth-order valence-corrected chi connectivity index (χ4v) is 2.21. The number of nitrogens with one attached hydrogen (secondary N) is 2. The zero-order chi connectivity index (χ0) is 15.3. The molecule has 0 heterocycles. The van der Waals surface area contributed by atoms with E-state index in [4.69, 9.17) is 5.11 Å². The first kappa shape index (κ1) is 16.5. The van der Waals surface area contributed by atoms with Crippen molar-refractivity contribution in [2.24, 2.45) is 17.3 Å². The summed E-state index contributed by atoms with van der Waals surface area (Å²) in [5, 5.41) is 13.7. The van der Waals surface area contributed by atoms with Crippen LogP contribution in [0, 0.1) is 17.3 Å². The number of aliphatic carboxylic acids is 1. The third kappa shape index (κ3) is 6.54. The second kappa shape index (κ2) is 6.72. The van der Waals surface area contributed by atoms with Crippen LogP contribution in [0.4, 0.5) is 4.79 Å². The maximum atomic E-state index is 11.7. The van der Waals surface area contributed by atoms with Gasteiger partial charge in [-0.2, -0.15) is 0 Å². The van der Waals surface area contributed by atoms with Gasteiger partial charge < -0.3 is 10.4 Å². The van der Waals surface area contributed by atoms with Crippen molar-refractivity contribution in [1.82, 2.24) is 10.6 Å². The largest absolute Gasteiger partial charge is 0.481 e. The molecule has 1 aliphatic rings. The van der Waals surface area contributed by atoms with Crippen molar-refractivity contribution in [3.8, 4) is 0 Å². The Kier molecular flexibility index (Phi) is 5.53. The molecule has 0 spiro atoms. The third-order valence-electron chi connectivity index (χ3n) is 3.53. The highest BCUT2D eigenvalue weighted by Gasteiger charge is 2.28. The standard InChI is InChI=1S/C14H24N2O4/c1-9(10-4-5-10)8-15-13(20)16-11(17)6-14(2,3)7-12(18)19/h9-10H,4-8H2,1-3H3,(H,18,19)(H2,15,16,17,20). The number of imide groups is 1. The summed E-state index contributed by atoms with van der Waals surface area (Å²) in [6, 6.07) is -0.506. The highest BCUT2D eigenvalue weighted by atomic mass is 16.4. The van der Waals surface area contributed by atoms with Crippen molar-refractivity contribution < 1.29 is 19.5 Å². The molecular formula is C14H24N2O4. The average molecular weight is 284 g/mol. The van der Waals surface area contributed by atoms with Gasteiger partial charge in [0.15, 0.2) is 0 Å². The number of carbonyl (C=O) groups is 3. The van der Waals surface area contributed by atoms with Gasteiger partial charge in [-0.15, -0.1) is 0 Å². The van der Waals surface area contributed by atoms with Crippen LogP contribution in [-0.4, -0.2) is 29.6 Å². The smallest absolute Gasteiger partial charge is 0.321 e. The normalized spacial score (nSPS) is 16.4. The fourth-order valence-electron chi connectivity index (χ4n) is 2.21. The maximum Gasteiger partial charge on any atom is 0.321 e. The molecule has 1 rings (SSSR count). The van der Waals surface area contributed by atoms with E-state index in [9.17, 15) is 14.4 Å². The Morgan fingerprint density at radius 2 is 1.85 bits per heavy atom. The van der Waals surface area contributed by atoms with Crippen molar-refractivity contribution in [3.05, 3.63) is 0 Å². The predicted molar refractivity (Wildman–Crippen MR) is 74.1 cm³/mol. The molecule has 0 aliphatic heterocycles. The molecule has 1 unspecified atom stereocenters. The van der Waals surface area contributed by atoms with Gasteiger partial charge in [0, 0.05) is 13.0 Å². The highest BCUT2D eigenvalue weighted by molar-refractivity contribution is 5.94. The molecule has 3 amide bonds. The van der Waals surface area contributed by atoms with E-state index in [1.807, 2.05) is 0 Å². The van der Waals surface area contributed by atoms with E-state index in [0.717, 1.165) is 0 Å². The first-order valence-electron chi connectivity index (χ1n) is 6.99. The lowest BCUT2D eigenvalue weighted by atomic mass is 9.85. The zero-order valence-corrected chi connectivity index (χ0v) is 12.4. The molecule has 1 fully saturated rings. The number of carboxylic acids is 1. The van der Waals surface area contributed by atoms with Gasteiger partial charge in [-0.3, -0.25) is 14.9 Å². The number of rotatable bonds is 7. The molecule has 0 aromatic heterocycles. The molecule has 1 atom stereocenters. The lowest BCUT2D eigenvalue weighted by Gasteiger charge is -2.21. The molecule has 0 aromatic carbocycles. The van der Waals surface area contributed by atoms with E-state index >= 15 is 0 Å². The molecule has 0 radical (unpaired) electrons. The minimum atomic E-state index is -0.953. The monoisotopic (exact) mass is 284 g/mol. The summed E-state index contributed by atoms with van der Waals surface area (Å²) in [6.07, 6.45) is 2.32. The summed E-state index contributed by atoms with van der Waals surface area (Å²) in [5.74, 6) is -0.280. The minimum Gasteiger partial charge on any atom is -0.481 e. The van der Waals surface area contributed by atoms with Gasteiger partial charge in [-0.05, 0) is 30.1 Å². The number of amides is 3. The van der Waals surface area contributed by atoms with Crippen LogP contribution >= 0.6 is 0 Å². The highest BCUT2D eigenvalue weighted by Crippen LogP contribution is 2.36. The maximum absolute atomic E-state index is 11.7. The summed E-state index contributed by atoms with van der Waals surface area (Å²) in [6.45, 7) is 6.01. The van der Waals surface area contributed by atoms with Crippen molar-refractivity contribution in [2.45, 2.75) is 46.5 Å². The number of hydrogen-bond donors (Lipinski definition) is 3. The Labute approximate surface area is 119 Å². The zero-order valence-electron chi connectivity index (χ0n) is 12.4. The first-order valence-corrected chi connectivity index (χ1v) is 6.99. The molecule has 20 heavy (non-hydrogen) atoms. The van der Waals surface area contributed by atoms with Gasteiger partial charge in [-0.25, -0.2) is 4.79 Å².